The van der Waals surface area contributed by atoms with Crippen molar-refractivity contribution in [1.82, 2.24) is 0 Å². The molecule has 0 radical (unpaired) electrons. The molecule has 0 aromatic heterocycles. The first-order valence-corrected chi connectivity index (χ1v) is 5.67. The summed E-state index contributed by atoms with van der Waals surface area (Å²) in [4.78, 5) is 10.1. The Morgan fingerprint density at radius 3 is 2.00 bits per heavy atom. The van der Waals surface area contributed by atoms with Crippen molar-refractivity contribution in [2.24, 2.45) is 0 Å². The van der Waals surface area contributed by atoms with Gasteiger partial charge in [0.1, 0.15) is 0 Å². The monoisotopic (exact) mass is 246 g/mol. The Hall–Kier alpha value is 0.120. The third-order valence-corrected chi connectivity index (χ3v) is 1.82. The summed E-state index contributed by atoms with van der Waals surface area (Å²) in [6, 6.07) is 0. The standard InChI is InChI=1S/C5H8O2.C3H8O3S.Na/c1-3-5(6)7-4-2;1-2-3-7(4,5)6;/h3H,1,4H2,2H3;2-3H2,1H3,(H,4,5,6);/q;;+1/p-1. The van der Waals surface area contributed by atoms with E-state index in [1.165, 1.54) is 0 Å². The van der Waals surface area contributed by atoms with Crippen molar-refractivity contribution in [2.75, 3.05) is 12.4 Å². The van der Waals surface area contributed by atoms with Crippen LogP contribution in [0.5, 0.6) is 0 Å². The normalized spacial score (nSPS) is 9.00. The van der Waals surface area contributed by atoms with Gasteiger partial charge in [0.15, 0.2) is 0 Å². The summed E-state index contributed by atoms with van der Waals surface area (Å²) in [6.07, 6.45) is 1.55. The Bertz CT molecular complexity index is 260. The maximum absolute atomic E-state index is 10.1. The van der Waals surface area contributed by atoms with Gasteiger partial charge in [-0.3, -0.25) is 0 Å². The second-order valence-electron chi connectivity index (χ2n) is 2.22. The van der Waals surface area contributed by atoms with E-state index in [0.717, 1.165) is 6.08 Å². The molecule has 0 saturated carbocycles. The van der Waals surface area contributed by atoms with Crippen LogP contribution in [0.25, 0.3) is 0 Å². The van der Waals surface area contributed by atoms with E-state index in [1.807, 2.05) is 0 Å². The van der Waals surface area contributed by atoms with Crippen LogP contribution in [0.3, 0.4) is 0 Å². The maximum Gasteiger partial charge on any atom is 1.00 e. The summed E-state index contributed by atoms with van der Waals surface area (Å²) in [6.45, 7) is 7.03. The predicted octanol–water partition coefficient (Wildman–Crippen LogP) is -2.32. The van der Waals surface area contributed by atoms with Crippen molar-refractivity contribution in [2.45, 2.75) is 20.3 Å². The summed E-state index contributed by atoms with van der Waals surface area (Å²) in [5.41, 5.74) is 0. The summed E-state index contributed by atoms with van der Waals surface area (Å²) in [5, 5.41) is 0. The number of esters is 1. The van der Waals surface area contributed by atoms with Crippen LogP contribution in [0.1, 0.15) is 20.3 Å². The van der Waals surface area contributed by atoms with E-state index in [-0.39, 0.29) is 41.3 Å². The first-order chi connectivity index (χ1) is 6.37. The molecule has 5 nitrogen and oxygen atoms in total. The molecular weight excluding hydrogens is 231 g/mol. The van der Waals surface area contributed by atoms with Gasteiger partial charge in [-0.2, -0.15) is 0 Å². The third kappa shape index (κ3) is 24.9. The van der Waals surface area contributed by atoms with Crippen LogP contribution >= 0.6 is 0 Å². The van der Waals surface area contributed by atoms with Crippen LogP contribution < -0.4 is 29.6 Å². The number of ether oxygens (including phenoxy) is 1. The zero-order chi connectivity index (χ0) is 11.6. The fourth-order valence-corrected chi connectivity index (χ4v) is 0.951. The molecule has 15 heavy (non-hydrogen) atoms. The largest absolute Gasteiger partial charge is 1.00 e. The topological polar surface area (TPSA) is 83.5 Å². The van der Waals surface area contributed by atoms with E-state index in [4.69, 9.17) is 0 Å². The minimum Gasteiger partial charge on any atom is -0.748 e. The first-order valence-electron chi connectivity index (χ1n) is 4.10. The van der Waals surface area contributed by atoms with Crippen molar-refractivity contribution in [3.63, 3.8) is 0 Å². The van der Waals surface area contributed by atoms with Crippen molar-refractivity contribution < 1.29 is 52.1 Å². The van der Waals surface area contributed by atoms with Crippen molar-refractivity contribution >= 4 is 16.1 Å². The molecule has 0 N–H and O–H groups in total. The molecule has 0 aromatic carbocycles. The van der Waals surface area contributed by atoms with Gasteiger partial charge in [0.05, 0.1) is 16.7 Å². The van der Waals surface area contributed by atoms with Crippen molar-refractivity contribution in [3.05, 3.63) is 12.7 Å². The molecule has 0 amide bonds. The number of hydrogen-bond donors (Lipinski definition) is 0. The van der Waals surface area contributed by atoms with E-state index in [9.17, 15) is 17.8 Å². The summed E-state index contributed by atoms with van der Waals surface area (Å²) >= 11 is 0. The van der Waals surface area contributed by atoms with E-state index in [0.29, 0.717) is 13.0 Å². The van der Waals surface area contributed by atoms with Crippen LogP contribution in [0.15, 0.2) is 12.7 Å². The number of rotatable bonds is 4. The van der Waals surface area contributed by atoms with E-state index in [2.05, 4.69) is 11.3 Å². The first kappa shape index (κ1) is 20.5. The SMILES string of the molecule is C=CC(=O)OCC.CCCS(=O)(=O)[O-].[Na+]. The molecule has 0 aromatic rings. The fourth-order valence-electron chi connectivity index (χ4n) is 0.451. The Morgan fingerprint density at radius 1 is 1.47 bits per heavy atom. The van der Waals surface area contributed by atoms with Gasteiger partial charge in [-0.15, -0.1) is 0 Å². The van der Waals surface area contributed by atoms with Gasteiger partial charge < -0.3 is 9.29 Å². The zero-order valence-corrected chi connectivity index (χ0v) is 12.2. The second kappa shape index (κ2) is 12.2. The zero-order valence-electron chi connectivity index (χ0n) is 9.36. The Balaban J connectivity index is -0.000000180. The van der Waals surface area contributed by atoms with Gasteiger partial charge in [0.25, 0.3) is 0 Å². The smallest absolute Gasteiger partial charge is 0.748 e. The summed E-state index contributed by atoms with van der Waals surface area (Å²) < 4.78 is 33.5. The van der Waals surface area contributed by atoms with Crippen LogP contribution in [0, 0.1) is 0 Å². The average molecular weight is 246 g/mol. The van der Waals surface area contributed by atoms with Crippen molar-refractivity contribution in [3.8, 4) is 0 Å². The minimum absolute atomic E-state index is 0. The molecule has 0 saturated heterocycles. The van der Waals surface area contributed by atoms with Crippen molar-refractivity contribution in [1.29, 1.82) is 0 Å². The number of carbonyl (C=O) groups excluding carboxylic acids is 1. The Labute approximate surface area is 113 Å². The fraction of sp³-hybridized carbons (Fsp3) is 0.625. The van der Waals surface area contributed by atoms with Gasteiger partial charge >= 0.3 is 35.5 Å². The summed E-state index contributed by atoms with van der Waals surface area (Å²) in [7, 11) is -3.92. The van der Waals surface area contributed by atoms with E-state index in [1.54, 1.807) is 13.8 Å². The third-order valence-electron chi connectivity index (χ3n) is 0.907. The average Bonchev–Trinajstić information content (AvgIpc) is 2.03. The van der Waals surface area contributed by atoms with E-state index >= 15 is 0 Å². The van der Waals surface area contributed by atoms with Gasteiger partial charge in [-0.25, -0.2) is 13.2 Å². The van der Waals surface area contributed by atoms with Crippen LogP contribution in [-0.2, 0) is 19.6 Å². The van der Waals surface area contributed by atoms with Crippen LogP contribution in [-0.4, -0.2) is 31.3 Å². The maximum atomic E-state index is 10.1. The second-order valence-corrected chi connectivity index (χ2v) is 3.74. The molecule has 7 heteroatoms. The number of carbonyl (C=O) groups is 1. The molecule has 0 aliphatic carbocycles. The minimum atomic E-state index is -3.92. The Morgan fingerprint density at radius 2 is 1.93 bits per heavy atom. The molecule has 0 bridgehead atoms. The van der Waals surface area contributed by atoms with E-state index < -0.39 is 10.1 Å². The molecule has 0 aliphatic heterocycles. The predicted molar refractivity (Wildman–Crippen MR) is 51.7 cm³/mol. The molecule has 0 aliphatic rings. The van der Waals surface area contributed by atoms with Gasteiger partial charge in [0.2, 0.25) is 0 Å². The summed E-state index contributed by atoms with van der Waals surface area (Å²) in [5.74, 6) is -0.602. The molecular formula is C8H15NaO5S. The van der Waals surface area contributed by atoms with Gasteiger partial charge in [0, 0.05) is 11.8 Å². The molecule has 0 heterocycles. The quantitative estimate of drug-likeness (QED) is 0.241. The van der Waals surface area contributed by atoms with Gasteiger partial charge in [-0.1, -0.05) is 13.5 Å². The molecule has 0 unspecified atom stereocenters. The molecule has 0 atom stereocenters. The molecule has 0 spiro atoms. The van der Waals surface area contributed by atoms with Crippen LogP contribution in [0.4, 0.5) is 0 Å². The Kier molecular flexibility index (Phi) is 16.7. The van der Waals surface area contributed by atoms with Gasteiger partial charge in [-0.05, 0) is 13.3 Å². The van der Waals surface area contributed by atoms with Crippen LogP contribution in [0.2, 0.25) is 0 Å². The number of hydrogen-bond acceptors (Lipinski definition) is 5. The molecule has 0 fully saturated rings. The molecule has 0 rings (SSSR count). The molecule has 84 valence electrons.